The summed E-state index contributed by atoms with van der Waals surface area (Å²) in [5.41, 5.74) is 1.66. The lowest BCUT2D eigenvalue weighted by molar-refractivity contribution is -0.138. The Bertz CT molecular complexity index is 569. The fourth-order valence-corrected chi connectivity index (χ4v) is 2.78. The number of aromatic amines is 1. The maximum absolute atomic E-state index is 10.8. The molecule has 0 aliphatic heterocycles. The van der Waals surface area contributed by atoms with Gasteiger partial charge >= 0.3 is 5.97 Å². The zero-order chi connectivity index (χ0) is 13.3. The van der Waals surface area contributed by atoms with Crippen molar-refractivity contribution in [3.05, 3.63) is 29.0 Å². The summed E-state index contributed by atoms with van der Waals surface area (Å²) in [6.45, 7) is 5.81. The van der Waals surface area contributed by atoms with Gasteiger partial charge in [-0.15, -0.1) is 11.3 Å². The molecule has 0 bridgehead atoms. The van der Waals surface area contributed by atoms with Crippen molar-refractivity contribution in [2.24, 2.45) is 0 Å². The molecule has 0 saturated heterocycles. The molecule has 0 atom stereocenters. The molecule has 2 aromatic rings. The average Bonchev–Trinajstić information content (AvgIpc) is 2.83. The van der Waals surface area contributed by atoms with E-state index in [9.17, 15) is 4.79 Å². The van der Waals surface area contributed by atoms with Crippen LogP contribution >= 0.6 is 11.3 Å². The SMILES string of the molecule is Cc1ccsc1-c1cnc(C(C)(C)CC(=O)O)[nH]1. The third kappa shape index (κ3) is 2.46. The van der Waals surface area contributed by atoms with E-state index in [0.717, 1.165) is 10.6 Å². The number of H-pyrrole nitrogens is 1. The minimum Gasteiger partial charge on any atom is -0.481 e. The van der Waals surface area contributed by atoms with Crippen LogP contribution in [-0.2, 0) is 10.2 Å². The number of aryl methyl sites for hydroxylation is 1. The first-order valence-electron chi connectivity index (χ1n) is 5.72. The van der Waals surface area contributed by atoms with Crippen molar-refractivity contribution in [1.82, 2.24) is 9.97 Å². The number of nitrogens with one attached hydrogen (secondary N) is 1. The summed E-state index contributed by atoms with van der Waals surface area (Å²) < 4.78 is 0. The van der Waals surface area contributed by atoms with Crippen molar-refractivity contribution in [2.45, 2.75) is 32.6 Å². The third-order valence-electron chi connectivity index (χ3n) is 2.92. The summed E-state index contributed by atoms with van der Waals surface area (Å²) in [6, 6.07) is 2.06. The first-order chi connectivity index (χ1) is 8.40. The van der Waals surface area contributed by atoms with Crippen LogP contribution in [0.25, 0.3) is 10.6 Å². The molecular weight excluding hydrogens is 248 g/mol. The molecule has 0 aromatic carbocycles. The van der Waals surface area contributed by atoms with E-state index >= 15 is 0 Å². The second-order valence-electron chi connectivity index (χ2n) is 5.03. The smallest absolute Gasteiger partial charge is 0.304 e. The molecule has 2 N–H and O–H groups in total. The third-order valence-corrected chi connectivity index (χ3v) is 3.97. The maximum atomic E-state index is 10.8. The highest BCUT2D eigenvalue weighted by Crippen LogP contribution is 2.31. The molecule has 5 heteroatoms. The molecular formula is C13H16N2O2S. The number of aliphatic carboxylic acids is 1. The van der Waals surface area contributed by atoms with Crippen LogP contribution in [0.3, 0.4) is 0 Å². The van der Waals surface area contributed by atoms with E-state index in [2.05, 4.69) is 23.0 Å². The number of carboxylic acid groups (broad SMARTS) is 1. The number of rotatable bonds is 4. The van der Waals surface area contributed by atoms with E-state index in [1.807, 2.05) is 19.2 Å². The van der Waals surface area contributed by atoms with Gasteiger partial charge in [0.25, 0.3) is 0 Å². The van der Waals surface area contributed by atoms with Gasteiger partial charge in [-0.25, -0.2) is 4.98 Å². The van der Waals surface area contributed by atoms with Gasteiger partial charge in [-0.3, -0.25) is 4.79 Å². The number of carboxylic acids is 1. The van der Waals surface area contributed by atoms with Crippen molar-refractivity contribution < 1.29 is 9.90 Å². The van der Waals surface area contributed by atoms with Gasteiger partial charge in [-0.05, 0) is 23.9 Å². The molecule has 0 aliphatic carbocycles. The highest BCUT2D eigenvalue weighted by atomic mass is 32.1. The van der Waals surface area contributed by atoms with E-state index in [1.165, 1.54) is 5.56 Å². The molecule has 0 fully saturated rings. The van der Waals surface area contributed by atoms with E-state index in [1.54, 1.807) is 17.5 Å². The Kier molecular flexibility index (Phi) is 3.26. The zero-order valence-electron chi connectivity index (χ0n) is 10.7. The molecule has 96 valence electrons. The van der Waals surface area contributed by atoms with Crippen molar-refractivity contribution >= 4 is 17.3 Å². The van der Waals surface area contributed by atoms with Gasteiger partial charge in [0, 0.05) is 5.41 Å². The highest BCUT2D eigenvalue weighted by molar-refractivity contribution is 7.13. The van der Waals surface area contributed by atoms with Crippen LogP contribution in [0.4, 0.5) is 0 Å². The molecule has 2 heterocycles. The molecule has 0 amide bonds. The lowest BCUT2D eigenvalue weighted by Crippen LogP contribution is -2.23. The second kappa shape index (κ2) is 4.57. The summed E-state index contributed by atoms with van der Waals surface area (Å²) in [4.78, 5) is 19.6. The summed E-state index contributed by atoms with van der Waals surface area (Å²) in [5, 5.41) is 10.9. The molecule has 0 radical (unpaired) electrons. The van der Waals surface area contributed by atoms with E-state index in [0.29, 0.717) is 5.82 Å². The second-order valence-corrected chi connectivity index (χ2v) is 5.95. The lowest BCUT2D eigenvalue weighted by Gasteiger charge is -2.19. The largest absolute Gasteiger partial charge is 0.481 e. The van der Waals surface area contributed by atoms with Crippen LogP contribution in [0.5, 0.6) is 0 Å². The Morgan fingerprint density at radius 3 is 2.83 bits per heavy atom. The fraction of sp³-hybridized carbons (Fsp3) is 0.385. The van der Waals surface area contributed by atoms with Crippen molar-refractivity contribution in [1.29, 1.82) is 0 Å². The van der Waals surface area contributed by atoms with Crippen molar-refractivity contribution in [3.8, 4) is 10.6 Å². The molecule has 2 aromatic heterocycles. The molecule has 0 saturated carbocycles. The van der Waals surface area contributed by atoms with E-state index < -0.39 is 11.4 Å². The van der Waals surface area contributed by atoms with Crippen LogP contribution < -0.4 is 0 Å². The predicted octanol–water partition coefficient (Wildman–Crippen LogP) is 3.20. The number of carbonyl (C=O) groups is 1. The van der Waals surface area contributed by atoms with Crippen LogP contribution in [0, 0.1) is 6.92 Å². The van der Waals surface area contributed by atoms with Gasteiger partial charge < -0.3 is 10.1 Å². The summed E-state index contributed by atoms with van der Waals surface area (Å²) in [7, 11) is 0. The fourth-order valence-electron chi connectivity index (χ4n) is 1.89. The topological polar surface area (TPSA) is 66.0 Å². The van der Waals surface area contributed by atoms with Gasteiger partial charge in [-0.2, -0.15) is 0 Å². The normalized spacial score (nSPS) is 11.7. The number of imidazole rings is 1. The van der Waals surface area contributed by atoms with Crippen LogP contribution in [0.1, 0.15) is 31.7 Å². The Hall–Kier alpha value is -1.62. The maximum Gasteiger partial charge on any atom is 0.304 e. The first kappa shape index (κ1) is 12.8. The Labute approximate surface area is 110 Å². The van der Waals surface area contributed by atoms with Crippen molar-refractivity contribution in [3.63, 3.8) is 0 Å². The average molecular weight is 264 g/mol. The molecule has 2 rings (SSSR count). The van der Waals surface area contributed by atoms with Crippen molar-refractivity contribution in [2.75, 3.05) is 0 Å². The predicted molar refractivity (Wildman–Crippen MR) is 71.9 cm³/mol. The molecule has 0 spiro atoms. The van der Waals surface area contributed by atoms with Gasteiger partial charge in [-0.1, -0.05) is 13.8 Å². The Morgan fingerprint density at radius 1 is 1.56 bits per heavy atom. The highest BCUT2D eigenvalue weighted by Gasteiger charge is 2.27. The van der Waals surface area contributed by atoms with Crippen LogP contribution in [0.15, 0.2) is 17.6 Å². The van der Waals surface area contributed by atoms with Gasteiger partial charge in [0.1, 0.15) is 5.82 Å². The van der Waals surface area contributed by atoms with E-state index in [4.69, 9.17) is 5.11 Å². The minimum atomic E-state index is -0.815. The number of hydrogen-bond donors (Lipinski definition) is 2. The first-order valence-corrected chi connectivity index (χ1v) is 6.60. The monoisotopic (exact) mass is 264 g/mol. The van der Waals surface area contributed by atoms with Crippen LogP contribution in [0.2, 0.25) is 0 Å². The zero-order valence-corrected chi connectivity index (χ0v) is 11.5. The Morgan fingerprint density at radius 2 is 2.28 bits per heavy atom. The number of aromatic nitrogens is 2. The molecule has 4 nitrogen and oxygen atoms in total. The summed E-state index contributed by atoms with van der Waals surface area (Å²) in [6.07, 6.45) is 1.83. The molecule has 0 unspecified atom stereocenters. The number of hydrogen-bond acceptors (Lipinski definition) is 3. The lowest BCUT2D eigenvalue weighted by atomic mass is 9.88. The summed E-state index contributed by atoms with van der Waals surface area (Å²) in [5.74, 6) is -0.0991. The standard InChI is InChI=1S/C13H16N2O2S/c1-8-4-5-18-11(8)9-7-14-12(15-9)13(2,3)6-10(16)17/h4-5,7H,6H2,1-3H3,(H,14,15)(H,16,17). The molecule has 18 heavy (non-hydrogen) atoms. The number of nitrogens with zero attached hydrogens (tertiary/aromatic N) is 1. The van der Waals surface area contributed by atoms with E-state index in [-0.39, 0.29) is 6.42 Å². The quantitative estimate of drug-likeness (QED) is 0.891. The van der Waals surface area contributed by atoms with Gasteiger partial charge in [0.2, 0.25) is 0 Å². The van der Waals surface area contributed by atoms with Gasteiger partial charge in [0.05, 0.1) is 23.2 Å². The molecule has 0 aliphatic rings. The minimum absolute atomic E-state index is 0.0589. The van der Waals surface area contributed by atoms with Crippen LogP contribution in [-0.4, -0.2) is 21.0 Å². The summed E-state index contributed by atoms with van der Waals surface area (Å²) >= 11 is 1.65. The Balaban J connectivity index is 2.31. The van der Waals surface area contributed by atoms with Gasteiger partial charge in [0.15, 0.2) is 0 Å². The number of thiophene rings is 1.